The summed E-state index contributed by atoms with van der Waals surface area (Å²) in [5.41, 5.74) is 1.05. The molecular formula is C15H20O4. The number of carbonyl (C=O) groups is 2. The van der Waals surface area contributed by atoms with E-state index in [9.17, 15) is 9.59 Å². The van der Waals surface area contributed by atoms with Crippen LogP contribution in [0.5, 0.6) is 5.75 Å². The number of benzene rings is 1. The fourth-order valence-corrected chi connectivity index (χ4v) is 1.95. The first kappa shape index (κ1) is 15.2. The molecule has 4 heteroatoms. The van der Waals surface area contributed by atoms with Crippen LogP contribution in [0.3, 0.4) is 0 Å². The molecule has 0 N–H and O–H groups in total. The minimum atomic E-state index is -1.19. The molecule has 0 saturated heterocycles. The Balaban J connectivity index is 3.29. The smallest absolute Gasteiger partial charge is 0.319 e. The van der Waals surface area contributed by atoms with Gasteiger partial charge in [0, 0.05) is 5.56 Å². The number of hydrogen-bond acceptors (Lipinski definition) is 4. The Morgan fingerprint density at radius 1 is 1.05 bits per heavy atom. The van der Waals surface area contributed by atoms with Crippen molar-refractivity contribution >= 4 is 11.8 Å². The maximum absolute atomic E-state index is 12.5. The minimum absolute atomic E-state index is 0.248. The van der Waals surface area contributed by atoms with E-state index in [4.69, 9.17) is 4.74 Å². The van der Waals surface area contributed by atoms with Crippen molar-refractivity contribution in [2.75, 3.05) is 14.2 Å². The fourth-order valence-electron chi connectivity index (χ4n) is 1.95. The van der Waals surface area contributed by atoms with Crippen LogP contribution in [-0.2, 0) is 9.53 Å². The molecule has 1 aromatic carbocycles. The van der Waals surface area contributed by atoms with Gasteiger partial charge < -0.3 is 9.47 Å². The van der Waals surface area contributed by atoms with Crippen LogP contribution >= 0.6 is 0 Å². The van der Waals surface area contributed by atoms with Gasteiger partial charge >= 0.3 is 5.97 Å². The first-order valence-corrected chi connectivity index (χ1v) is 6.04. The molecule has 0 spiro atoms. The van der Waals surface area contributed by atoms with Crippen molar-refractivity contribution in [1.82, 2.24) is 0 Å². The lowest BCUT2D eigenvalue weighted by Crippen LogP contribution is -2.35. The quantitative estimate of drug-likeness (QED) is 0.476. The van der Waals surface area contributed by atoms with E-state index in [1.165, 1.54) is 7.11 Å². The molecule has 0 unspecified atom stereocenters. The van der Waals surface area contributed by atoms with E-state index in [1.807, 2.05) is 13.8 Å². The van der Waals surface area contributed by atoms with E-state index in [1.54, 1.807) is 33.1 Å². The van der Waals surface area contributed by atoms with E-state index < -0.39 is 11.4 Å². The molecule has 0 radical (unpaired) electrons. The van der Waals surface area contributed by atoms with Gasteiger partial charge in [0.25, 0.3) is 0 Å². The summed E-state index contributed by atoms with van der Waals surface area (Å²) in [5.74, 6) is -0.0575. The number of methoxy groups -OCH3 is 2. The van der Waals surface area contributed by atoms with Gasteiger partial charge in [-0.2, -0.15) is 0 Å². The van der Waals surface area contributed by atoms with Crippen LogP contribution in [0.25, 0.3) is 0 Å². The highest BCUT2D eigenvalue weighted by atomic mass is 16.5. The Morgan fingerprint density at radius 3 is 2.11 bits per heavy atom. The van der Waals surface area contributed by atoms with E-state index >= 15 is 0 Å². The molecule has 0 amide bonds. The third kappa shape index (κ3) is 2.62. The Bertz CT molecular complexity index is 515. The molecule has 1 rings (SSSR count). The van der Waals surface area contributed by atoms with Crippen LogP contribution in [0.1, 0.15) is 35.3 Å². The summed E-state index contributed by atoms with van der Waals surface area (Å²) in [5, 5.41) is 0. The topological polar surface area (TPSA) is 52.6 Å². The second-order valence-corrected chi connectivity index (χ2v) is 5.01. The largest absolute Gasteiger partial charge is 0.496 e. The second kappa shape index (κ2) is 5.43. The molecule has 1 aromatic rings. The van der Waals surface area contributed by atoms with Crippen molar-refractivity contribution in [3.05, 3.63) is 28.8 Å². The lowest BCUT2D eigenvalue weighted by atomic mass is 9.82. The highest BCUT2D eigenvalue weighted by Crippen LogP contribution is 2.30. The SMILES string of the molecule is COC(=O)C(C)(C)C(=O)c1ccc(OC)c(C)c1C. The molecule has 104 valence electrons. The standard InChI is InChI=1S/C15H20O4/c1-9-10(2)12(18-5)8-7-11(9)13(16)15(3,4)14(17)19-6/h7-8H,1-6H3. The number of rotatable bonds is 4. The average Bonchev–Trinajstić information content (AvgIpc) is 2.39. The Hall–Kier alpha value is -1.84. The van der Waals surface area contributed by atoms with Gasteiger partial charge in [0.1, 0.15) is 11.2 Å². The summed E-state index contributed by atoms with van der Waals surface area (Å²) in [7, 11) is 2.87. The van der Waals surface area contributed by atoms with Gasteiger partial charge in [-0.15, -0.1) is 0 Å². The summed E-state index contributed by atoms with van der Waals surface area (Å²) >= 11 is 0. The average molecular weight is 264 g/mol. The predicted octanol–water partition coefficient (Wildman–Crippen LogP) is 2.69. The first-order chi connectivity index (χ1) is 8.77. The van der Waals surface area contributed by atoms with Crippen LogP contribution in [0.4, 0.5) is 0 Å². The van der Waals surface area contributed by atoms with Crippen LogP contribution in [0.2, 0.25) is 0 Å². The van der Waals surface area contributed by atoms with Gasteiger partial charge in [0.2, 0.25) is 0 Å². The maximum atomic E-state index is 12.5. The zero-order chi connectivity index (χ0) is 14.8. The Labute approximate surface area is 113 Å². The molecule has 0 aromatic heterocycles. The number of ketones is 1. The van der Waals surface area contributed by atoms with Gasteiger partial charge in [-0.05, 0) is 51.0 Å². The van der Waals surface area contributed by atoms with Crippen molar-refractivity contribution in [3.63, 3.8) is 0 Å². The van der Waals surface area contributed by atoms with Crippen molar-refractivity contribution in [2.45, 2.75) is 27.7 Å². The molecule has 0 atom stereocenters. The zero-order valence-electron chi connectivity index (χ0n) is 12.3. The van der Waals surface area contributed by atoms with Gasteiger partial charge in [-0.25, -0.2) is 0 Å². The Kier molecular flexibility index (Phi) is 4.35. The van der Waals surface area contributed by atoms with Gasteiger partial charge in [0.05, 0.1) is 14.2 Å². The summed E-state index contributed by atoms with van der Waals surface area (Å²) in [4.78, 5) is 24.2. The fraction of sp³-hybridized carbons (Fsp3) is 0.467. The van der Waals surface area contributed by atoms with Crippen molar-refractivity contribution < 1.29 is 19.1 Å². The third-order valence-electron chi connectivity index (χ3n) is 3.47. The maximum Gasteiger partial charge on any atom is 0.319 e. The summed E-state index contributed by atoms with van der Waals surface area (Å²) < 4.78 is 9.90. The normalized spacial score (nSPS) is 11.1. The van der Waals surface area contributed by atoms with Crippen LogP contribution in [0, 0.1) is 19.3 Å². The molecule has 19 heavy (non-hydrogen) atoms. The van der Waals surface area contributed by atoms with Gasteiger partial charge in [-0.3, -0.25) is 9.59 Å². The number of carbonyl (C=O) groups excluding carboxylic acids is 2. The van der Waals surface area contributed by atoms with Gasteiger partial charge in [0.15, 0.2) is 5.78 Å². The van der Waals surface area contributed by atoms with E-state index in [-0.39, 0.29) is 5.78 Å². The molecule has 0 fully saturated rings. The molecule has 0 saturated carbocycles. The predicted molar refractivity (Wildman–Crippen MR) is 72.6 cm³/mol. The second-order valence-electron chi connectivity index (χ2n) is 5.01. The number of ether oxygens (including phenoxy) is 2. The van der Waals surface area contributed by atoms with Crippen molar-refractivity contribution in [2.24, 2.45) is 5.41 Å². The summed E-state index contributed by atoms with van der Waals surface area (Å²) in [6.45, 7) is 6.87. The molecule has 4 nitrogen and oxygen atoms in total. The first-order valence-electron chi connectivity index (χ1n) is 6.04. The number of esters is 1. The minimum Gasteiger partial charge on any atom is -0.496 e. The molecular weight excluding hydrogens is 244 g/mol. The zero-order valence-corrected chi connectivity index (χ0v) is 12.3. The van der Waals surface area contributed by atoms with Crippen LogP contribution < -0.4 is 4.74 Å². The highest BCUT2D eigenvalue weighted by Gasteiger charge is 2.38. The third-order valence-corrected chi connectivity index (χ3v) is 3.47. The summed E-state index contributed by atoms with van der Waals surface area (Å²) in [6.07, 6.45) is 0. The van der Waals surface area contributed by atoms with Crippen LogP contribution in [-0.4, -0.2) is 26.0 Å². The van der Waals surface area contributed by atoms with E-state index in [2.05, 4.69) is 4.74 Å². The monoisotopic (exact) mass is 264 g/mol. The highest BCUT2D eigenvalue weighted by molar-refractivity contribution is 6.12. The summed E-state index contributed by atoms with van der Waals surface area (Å²) in [6, 6.07) is 3.43. The van der Waals surface area contributed by atoms with Gasteiger partial charge in [-0.1, -0.05) is 0 Å². The molecule has 0 aliphatic carbocycles. The lowest BCUT2D eigenvalue weighted by Gasteiger charge is -2.22. The number of Topliss-reactive ketones (excluding diaryl/α,β-unsaturated/α-hetero) is 1. The molecule has 0 aliphatic heterocycles. The van der Waals surface area contributed by atoms with E-state index in [0.717, 1.165) is 16.9 Å². The Morgan fingerprint density at radius 2 is 1.63 bits per heavy atom. The molecule has 0 heterocycles. The van der Waals surface area contributed by atoms with Crippen molar-refractivity contribution in [1.29, 1.82) is 0 Å². The number of hydrogen-bond donors (Lipinski definition) is 0. The van der Waals surface area contributed by atoms with Crippen LogP contribution in [0.15, 0.2) is 12.1 Å². The van der Waals surface area contributed by atoms with E-state index in [0.29, 0.717) is 5.56 Å². The van der Waals surface area contributed by atoms with Crippen molar-refractivity contribution in [3.8, 4) is 5.75 Å². The lowest BCUT2D eigenvalue weighted by molar-refractivity contribution is -0.147. The molecule has 0 aliphatic rings. The molecule has 0 bridgehead atoms.